The second-order valence-corrected chi connectivity index (χ2v) is 7.43. The first-order valence-corrected chi connectivity index (χ1v) is 10.2. The minimum Gasteiger partial charge on any atom is -0.486 e. The van der Waals surface area contributed by atoms with Crippen LogP contribution in [-0.4, -0.2) is 27.5 Å². The van der Waals surface area contributed by atoms with Crippen molar-refractivity contribution in [3.05, 3.63) is 52.5 Å². The van der Waals surface area contributed by atoms with Gasteiger partial charge in [-0.1, -0.05) is 25.5 Å². The molecular weight excluding hydrogens is 374 g/mol. The fraction of sp³-hybridized carbons (Fsp3) is 0.429. The van der Waals surface area contributed by atoms with E-state index in [2.05, 4.69) is 29.3 Å². The fourth-order valence-electron chi connectivity index (χ4n) is 3.44. The highest BCUT2D eigenvalue weighted by molar-refractivity contribution is 7.71. The Morgan fingerprint density at radius 2 is 2.11 bits per heavy atom. The zero-order chi connectivity index (χ0) is 19.3. The highest BCUT2D eigenvalue weighted by Gasteiger charge is 2.20. The van der Waals surface area contributed by atoms with E-state index >= 15 is 0 Å². The topological polar surface area (TPSA) is 65.2 Å². The maximum Gasteiger partial charge on any atom is 0.198 e. The summed E-state index contributed by atoms with van der Waals surface area (Å²) in [5, 5.41) is 7.20. The summed E-state index contributed by atoms with van der Waals surface area (Å²) in [7, 11) is 0. The summed E-state index contributed by atoms with van der Waals surface area (Å²) >= 11 is 5.38. The minimum atomic E-state index is 0.177. The van der Waals surface area contributed by atoms with Crippen molar-refractivity contribution in [1.82, 2.24) is 14.8 Å². The maximum atomic E-state index is 5.96. The predicted octanol–water partition coefficient (Wildman–Crippen LogP) is 4.91. The quantitative estimate of drug-likeness (QED) is 0.545. The van der Waals surface area contributed by atoms with Crippen molar-refractivity contribution in [2.45, 2.75) is 51.9 Å². The average molecular weight is 400 g/mol. The first-order chi connectivity index (χ1) is 13.7. The zero-order valence-corrected chi connectivity index (χ0v) is 16.8. The van der Waals surface area contributed by atoms with Crippen LogP contribution in [0.4, 0.5) is 0 Å². The zero-order valence-electron chi connectivity index (χ0n) is 16.0. The number of ether oxygens (including phenoxy) is 2. The van der Waals surface area contributed by atoms with Gasteiger partial charge in [0.05, 0.1) is 12.6 Å². The smallest absolute Gasteiger partial charge is 0.198 e. The number of benzene rings is 1. The lowest BCUT2D eigenvalue weighted by molar-refractivity contribution is 0.0969. The van der Waals surface area contributed by atoms with Gasteiger partial charge in [0, 0.05) is 6.61 Å². The van der Waals surface area contributed by atoms with E-state index in [1.807, 2.05) is 28.8 Å². The molecule has 1 unspecified atom stereocenters. The molecule has 1 N–H and O–H groups in total. The van der Waals surface area contributed by atoms with E-state index in [4.69, 9.17) is 26.1 Å². The van der Waals surface area contributed by atoms with Gasteiger partial charge >= 0.3 is 0 Å². The van der Waals surface area contributed by atoms with Crippen molar-refractivity contribution in [2.75, 3.05) is 6.61 Å². The molecule has 0 saturated carbocycles. The Hall–Kier alpha value is -2.38. The van der Waals surface area contributed by atoms with Gasteiger partial charge in [-0.25, -0.2) is 0 Å². The van der Waals surface area contributed by atoms with Crippen LogP contribution in [0, 0.1) is 4.77 Å². The molecule has 0 spiro atoms. The molecule has 1 aliphatic rings. The summed E-state index contributed by atoms with van der Waals surface area (Å²) in [5.41, 5.74) is 1.32. The fourth-order valence-corrected chi connectivity index (χ4v) is 3.64. The molecule has 1 saturated heterocycles. The molecule has 2 aromatic heterocycles. The Bertz CT molecular complexity index is 952. The number of aryl methyl sites for hydroxylation is 1. The number of aromatic nitrogens is 3. The molecule has 1 aromatic carbocycles. The number of nitrogens with zero attached hydrogens (tertiary/aromatic N) is 2. The van der Waals surface area contributed by atoms with Gasteiger partial charge in [0.15, 0.2) is 16.4 Å². The van der Waals surface area contributed by atoms with E-state index in [-0.39, 0.29) is 6.10 Å². The van der Waals surface area contributed by atoms with E-state index in [1.54, 1.807) is 0 Å². The first-order valence-electron chi connectivity index (χ1n) is 9.80. The summed E-state index contributed by atoms with van der Waals surface area (Å²) in [6.07, 6.45) is 4.54. The van der Waals surface area contributed by atoms with E-state index in [9.17, 15) is 0 Å². The van der Waals surface area contributed by atoms with Crippen LogP contribution in [0.15, 0.2) is 40.8 Å². The first kappa shape index (κ1) is 19.0. The van der Waals surface area contributed by atoms with Gasteiger partial charge in [0.2, 0.25) is 0 Å². The van der Waals surface area contributed by atoms with Crippen molar-refractivity contribution < 1.29 is 13.9 Å². The minimum absolute atomic E-state index is 0.177. The molecule has 0 aliphatic carbocycles. The van der Waals surface area contributed by atoms with Gasteiger partial charge in [-0.2, -0.15) is 5.10 Å². The monoisotopic (exact) mass is 399 g/mol. The van der Waals surface area contributed by atoms with E-state index in [1.165, 1.54) is 5.56 Å². The third-order valence-electron chi connectivity index (χ3n) is 4.89. The van der Waals surface area contributed by atoms with Gasteiger partial charge in [-0.05, 0) is 61.3 Å². The molecule has 28 heavy (non-hydrogen) atoms. The van der Waals surface area contributed by atoms with Crippen molar-refractivity contribution in [2.24, 2.45) is 0 Å². The van der Waals surface area contributed by atoms with Crippen molar-refractivity contribution in [3.63, 3.8) is 0 Å². The largest absolute Gasteiger partial charge is 0.486 e. The Labute approximate surface area is 169 Å². The molecule has 0 bridgehead atoms. The highest BCUT2D eigenvalue weighted by atomic mass is 32.1. The van der Waals surface area contributed by atoms with Crippen molar-refractivity contribution in [1.29, 1.82) is 0 Å². The van der Waals surface area contributed by atoms with Crippen LogP contribution >= 0.6 is 12.2 Å². The van der Waals surface area contributed by atoms with Crippen LogP contribution in [0.5, 0.6) is 5.75 Å². The van der Waals surface area contributed by atoms with Crippen LogP contribution in [0.25, 0.3) is 11.6 Å². The number of rotatable bonds is 8. The van der Waals surface area contributed by atoms with E-state index in [0.29, 0.717) is 29.5 Å². The molecule has 7 heteroatoms. The van der Waals surface area contributed by atoms with Crippen LogP contribution in [0.3, 0.4) is 0 Å². The number of nitrogens with one attached hydrogen (secondary N) is 1. The summed E-state index contributed by atoms with van der Waals surface area (Å²) in [4.78, 5) is 0. The lowest BCUT2D eigenvalue weighted by Crippen LogP contribution is -2.15. The lowest BCUT2D eigenvalue weighted by atomic mass is 10.1. The standard InChI is InChI=1S/C21H25N3O3S/c1-2-4-15-6-8-16(9-7-15)26-14-18-10-11-19(27-18)20-22-23-21(28)24(20)13-17-5-3-12-25-17/h6-11,17H,2-5,12-14H2,1H3,(H,23,28). The van der Waals surface area contributed by atoms with Crippen molar-refractivity contribution in [3.8, 4) is 17.3 Å². The van der Waals surface area contributed by atoms with Gasteiger partial charge in [0.1, 0.15) is 18.1 Å². The summed E-state index contributed by atoms with van der Waals surface area (Å²) in [6, 6.07) is 12.0. The number of H-pyrrole nitrogens is 1. The molecule has 0 amide bonds. The van der Waals surface area contributed by atoms with Crippen LogP contribution in [-0.2, 0) is 24.3 Å². The molecule has 0 radical (unpaired) electrons. The summed E-state index contributed by atoms with van der Waals surface area (Å²) < 4.78 is 20.1. The number of aromatic amines is 1. The molecule has 3 aromatic rings. The Morgan fingerprint density at radius 3 is 2.86 bits per heavy atom. The highest BCUT2D eigenvalue weighted by Crippen LogP contribution is 2.24. The Kier molecular flexibility index (Phi) is 5.92. The molecule has 148 valence electrons. The number of furan rings is 1. The van der Waals surface area contributed by atoms with Crippen molar-refractivity contribution >= 4 is 12.2 Å². The molecule has 1 fully saturated rings. The molecule has 4 rings (SSSR count). The second kappa shape index (κ2) is 8.75. The summed E-state index contributed by atoms with van der Waals surface area (Å²) in [5.74, 6) is 2.93. The predicted molar refractivity (Wildman–Crippen MR) is 109 cm³/mol. The van der Waals surface area contributed by atoms with Gasteiger partial charge in [-0.15, -0.1) is 0 Å². The van der Waals surface area contributed by atoms with Crippen LogP contribution < -0.4 is 4.74 Å². The Morgan fingerprint density at radius 1 is 1.25 bits per heavy atom. The van der Waals surface area contributed by atoms with Gasteiger partial charge < -0.3 is 13.9 Å². The average Bonchev–Trinajstić information content (AvgIpc) is 3.45. The molecule has 1 atom stereocenters. The SMILES string of the molecule is CCCc1ccc(OCc2ccc(-c3n[nH]c(=S)n3CC3CCCO3)o2)cc1. The second-order valence-electron chi connectivity index (χ2n) is 7.05. The van der Waals surface area contributed by atoms with E-state index in [0.717, 1.165) is 43.8 Å². The van der Waals surface area contributed by atoms with Crippen LogP contribution in [0.1, 0.15) is 37.5 Å². The lowest BCUT2D eigenvalue weighted by Gasteiger charge is -2.11. The number of hydrogen-bond donors (Lipinski definition) is 1. The Balaban J connectivity index is 1.42. The third-order valence-corrected chi connectivity index (χ3v) is 5.21. The van der Waals surface area contributed by atoms with E-state index < -0.39 is 0 Å². The normalized spacial score (nSPS) is 16.5. The summed E-state index contributed by atoms with van der Waals surface area (Å²) in [6.45, 7) is 4.04. The number of hydrogen-bond acceptors (Lipinski definition) is 5. The third kappa shape index (κ3) is 4.36. The van der Waals surface area contributed by atoms with Gasteiger partial charge in [0.25, 0.3) is 0 Å². The van der Waals surface area contributed by atoms with Gasteiger partial charge in [-0.3, -0.25) is 9.67 Å². The molecular formula is C21H25N3O3S. The van der Waals surface area contributed by atoms with Crippen LogP contribution in [0.2, 0.25) is 0 Å². The molecule has 6 nitrogen and oxygen atoms in total. The molecule has 1 aliphatic heterocycles. The molecule has 3 heterocycles. The maximum absolute atomic E-state index is 5.96.